The molecule has 24 heavy (non-hydrogen) atoms. The molecule has 0 aliphatic carbocycles. The third kappa shape index (κ3) is 2.13. The number of nitrogens with zero attached hydrogens (tertiary/aromatic N) is 5. The van der Waals surface area contributed by atoms with Crippen molar-refractivity contribution in [1.29, 1.82) is 0 Å². The number of rotatable bonds is 1. The zero-order valence-corrected chi connectivity index (χ0v) is 14.2. The van der Waals surface area contributed by atoms with Gasteiger partial charge in [0.05, 0.1) is 6.54 Å². The van der Waals surface area contributed by atoms with Gasteiger partial charge in [0.1, 0.15) is 5.84 Å². The standard InChI is InChI=1S/C16H17N5O2S/c1-19-13-11(14(22)20(2)16(19)23)21-12(10-6-4-3-5-7-10)17-8-9-24-15(21)18-13/h3-7,11,13H,8-9H2,1-2H3. The van der Waals surface area contributed by atoms with Crippen LogP contribution in [0.3, 0.4) is 0 Å². The summed E-state index contributed by atoms with van der Waals surface area (Å²) in [7, 11) is 3.20. The first-order valence-corrected chi connectivity index (χ1v) is 8.72. The molecule has 1 aromatic rings. The summed E-state index contributed by atoms with van der Waals surface area (Å²) in [6, 6.07) is 8.92. The molecular formula is C16H17N5O2S. The van der Waals surface area contributed by atoms with Gasteiger partial charge in [-0.1, -0.05) is 42.1 Å². The molecule has 124 valence electrons. The van der Waals surface area contributed by atoms with Gasteiger partial charge in [-0.25, -0.2) is 9.79 Å². The second-order valence-electron chi connectivity index (χ2n) is 5.85. The van der Waals surface area contributed by atoms with E-state index < -0.39 is 12.2 Å². The minimum Gasteiger partial charge on any atom is -0.302 e. The van der Waals surface area contributed by atoms with Crippen LogP contribution in [0.15, 0.2) is 40.3 Å². The molecule has 7 nitrogen and oxygen atoms in total. The Bertz CT molecular complexity index is 763. The topological polar surface area (TPSA) is 68.6 Å². The average molecular weight is 343 g/mol. The van der Waals surface area contributed by atoms with Gasteiger partial charge in [-0.05, 0) is 0 Å². The van der Waals surface area contributed by atoms with Gasteiger partial charge in [0, 0.05) is 25.4 Å². The lowest BCUT2D eigenvalue weighted by molar-refractivity contribution is -0.134. The van der Waals surface area contributed by atoms with Gasteiger partial charge < -0.3 is 4.90 Å². The van der Waals surface area contributed by atoms with Crippen LogP contribution in [0.5, 0.6) is 0 Å². The molecule has 3 amide bonds. The number of carbonyl (C=O) groups excluding carboxylic acids is 2. The number of urea groups is 1. The highest BCUT2D eigenvalue weighted by Crippen LogP contribution is 2.33. The molecule has 4 rings (SSSR count). The van der Waals surface area contributed by atoms with Gasteiger partial charge >= 0.3 is 6.03 Å². The number of fused-ring (bicyclic) bond motifs is 3. The van der Waals surface area contributed by atoms with E-state index in [1.54, 1.807) is 18.8 Å². The van der Waals surface area contributed by atoms with Crippen molar-refractivity contribution in [2.24, 2.45) is 9.98 Å². The van der Waals surface area contributed by atoms with E-state index in [9.17, 15) is 9.59 Å². The highest BCUT2D eigenvalue weighted by atomic mass is 32.2. The summed E-state index contributed by atoms with van der Waals surface area (Å²) in [6.45, 7) is 0.667. The number of amidine groups is 2. The van der Waals surface area contributed by atoms with Crippen molar-refractivity contribution >= 4 is 34.7 Å². The highest BCUT2D eigenvalue weighted by Gasteiger charge is 2.52. The van der Waals surface area contributed by atoms with Crippen LogP contribution in [0.1, 0.15) is 5.56 Å². The van der Waals surface area contributed by atoms with Crippen molar-refractivity contribution in [1.82, 2.24) is 14.7 Å². The predicted octanol–water partition coefficient (Wildman–Crippen LogP) is 1.07. The third-order valence-electron chi connectivity index (χ3n) is 4.42. The van der Waals surface area contributed by atoms with Crippen molar-refractivity contribution in [3.8, 4) is 0 Å². The van der Waals surface area contributed by atoms with E-state index in [1.807, 2.05) is 35.2 Å². The zero-order chi connectivity index (χ0) is 16.8. The minimum absolute atomic E-state index is 0.243. The number of carbonyl (C=O) groups is 2. The van der Waals surface area contributed by atoms with Gasteiger partial charge in [-0.3, -0.25) is 19.6 Å². The summed E-state index contributed by atoms with van der Waals surface area (Å²) in [5, 5.41) is 0.758. The van der Waals surface area contributed by atoms with Gasteiger partial charge in [0.2, 0.25) is 0 Å². The monoisotopic (exact) mass is 343 g/mol. The molecule has 3 aliphatic heterocycles. The van der Waals surface area contributed by atoms with Crippen molar-refractivity contribution < 1.29 is 9.59 Å². The van der Waals surface area contributed by atoms with Gasteiger partial charge in [-0.2, -0.15) is 0 Å². The average Bonchev–Trinajstić information content (AvgIpc) is 2.86. The fourth-order valence-electron chi connectivity index (χ4n) is 3.19. The van der Waals surface area contributed by atoms with Crippen LogP contribution in [0.25, 0.3) is 0 Å². The maximum absolute atomic E-state index is 12.8. The number of aliphatic imine (C=N–C) groups is 2. The lowest BCUT2D eigenvalue weighted by Crippen LogP contribution is -2.64. The van der Waals surface area contributed by atoms with E-state index in [-0.39, 0.29) is 11.9 Å². The number of hydrogen-bond acceptors (Lipinski definition) is 6. The quantitative estimate of drug-likeness (QED) is 0.765. The first-order chi connectivity index (χ1) is 11.6. The normalized spacial score (nSPS) is 26.7. The molecule has 2 unspecified atom stereocenters. The molecule has 0 N–H and O–H groups in total. The third-order valence-corrected chi connectivity index (χ3v) is 5.37. The molecular weight excluding hydrogens is 326 g/mol. The first-order valence-electron chi connectivity index (χ1n) is 7.73. The number of benzene rings is 1. The van der Waals surface area contributed by atoms with Crippen LogP contribution in [0.4, 0.5) is 4.79 Å². The molecule has 2 atom stereocenters. The van der Waals surface area contributed by atoms with E-state index in [0.717, 1.165) is 27.2 Å². The molecule has 0 aromatic heterocycles. The smallest absolute Gasteiger partial charge is 0.302 e. The Morgan fingerprint density at radius 2 is 1.92 bits per heavy atom. The van der Waals surface area contributed by atoms with Crippen molar-refractivity contribution in [2.45, 2.75) is 12.2 Å². The molecule has 1 aromatic carbocycles. The first kappa shape index (κ1) is 15.2. The fourth-order valence-corrected chi connectivity index (χ4v) is 4.08. The second kappa shape index (κ2) is 5.62. The van der Waals surface area contributed by atoms with Crippen LogP contribution in [-0.4, -0.2) is 76.2 Å². The summed E-state index contributed by atoms with van der Waals surface area (Å²) >= 11 is 1.58. The number of amides is 3. The Balaban J connectivity index is 1.81. The van der Waals surface area contributed by atoms with Gasteiger partial charge in [0.15, 0.2) is 17.4 Å². The Kier molecular flexibility index (Phi) is 3.56. The molecule has 0 spiro atoms. The van der Waals surface area contributed by atoms with Crippen LogP contribution in [0, 0.1) is 0 Å². The summed E-state index contributed by atoms with van der Waals surface area (Å²) in [5.41, 5.74) is 0.948. The highest BCUT2D eigenvalue weighted by molar-refractivity contribution is 8.13. The van der Waals surface area contributed by atoms with Crippen molar-refractivity contribution in [3.63, 3.8) is 0 Å². The van der Waals surface area contributed by atoms with Gasteiger partial charge in [-0.15, -0.1) is 0 Å². The number of hydrogen-bond donors (Lipinski definition) is 0. The second-order valence-corrected chi connectivity index (χ2v) is 6.91. The maximum atomic E-state index is 12.8. The number of imide groups is 1. The summed E-state index contributed by atoms with van der Waals surface area (Å²) in [4.78, 5) is 39.0. The summed E-state index contributed by atoms with van der Waals surface area (Å²) < 4.78 is 0. The zero-order valence-electron chi connectivity index (χ0n) is 13.4. The van der Waals surface area contributed by atoms with Crippen LogP contribution in [0.2, 0.25) is 0 Å². The van der Waals surface area contributed by atoms with Gasteiger partial charge in [0.25, 0.3) is 5.91 Å². The van der Waals surface area contributed by atoms with E-state index in [4.69, 9.17) is 4.99 Å². The SMILES string of the molecule is CN1C(=O)C2C(N=C3SCCN=C(c4ccccc4)N32)N(C)C1=O. The van der Waals surface area contributed by atoms with E-state index >= 15 is 0 Å². The molecule has 0 radical (unpaired) electrons. The lowest BCUT2D eigenvalue weighted by Gasteiger charge is -2.39. The molecule has 3 heterocycles. The fraction of sp³-hybridized carbons (Fsp3) is 0.375. The molecule has 1 saturated heterocycles. The van der Waals surface area contributed by atoms with E-state index in [2.05, 4.69) is 4.99 Å². The number of thioether (sulfide) groups is 1. The molecule has 8 heteroatoms. The van der Waals surface area contributed by atoms with Crippen LogP contribution in [-0.2, 0) is 4.79 Å². The van der Waals surface area contributed by atoms with Crippen LogP contribution < -0.4 is 0 Å². The molecule has 3 aliphatic rings. The minimum atomic E-state index is -0.558. The summed E-state index contributed by atoms with van der Waals surface area (Å²) in [5.74, 6) is 1.30. The predicted molar refractivity (Wildman–Crippen MR) is 93.1 cm³/mol. The molecule has 0 saturated carbocycles. The van der Waals surface area contributed by atoms with Crippen molar-refractivity contribution in [2.75, 3.05) is 26.4 Å². The molecule has 0 bridgehead atoms. The maximum Gasteiger partial charge on any atom is 0.328 e. The van der Waals surface area contributed by atoms with Crippen molar-refractivity contribution in [3.05, 3.63) is 35.9 Å². The Morgan fingerprint density at radius 3 is 2.67 bits per heavy atom. The lowest BCUT2D eigenvalue weighted by atomic mass is 10.1. The summed E-state index contributed by atoms with van der Waals surface area (Å²) in [6.07, 6.45) is -0.504. The number of likely N-dealkylation sites (N-methyl/N-ethyl adjacent to an activating group) is 2. The Hall–Kier alpha value is -2.35. The Morgan fingerprint density at radius 1 is 1.17 bits per heavy atom. The van der Waals surface area contributed by atoms with E-state index in [0.29, 0.717) is 6.54 Å². The van der Waals surface area contributed by atoms with Crippen LogP contribution >= 0.6 is 11.8 Å². The Labute approximate surface area is 144 Å². The largest absolute Gasteiger partial charge is 0.328 e. The van der Waals surface area contributed by atoms with E-state index in [1.165, 1.54) is 11.9 Å². The molecule has 1 fully saturated rings.